The molecule has 3 rings (SSSR count). The van der Waals surface area contributed by atoms with Crippen LogP contribution in [0, 0.1) is 6.07 Å². The SMILES string of the molecule is O=S(=O)(Nc1cc(Cl)c(Cl)cc1NS(=O)(=O)c1cccs1)c1cc[c]cc1. The van der Waals surface area contributed by atoms with Crippen LogP contribution in [0.25, 0.3) is 0 Å². The van der Waals surface area contributed by atoms with Gasteiger partial charge in [0.2, 0.25) is 0 Å². The zero-order valence-corrected chi connectivity index (χ0v) is 17.3. The van der Waals surface area contributed by atoms with E-state index in [0.29, 0.717) is 0 Å². The molecule has 3 aromatic rings. The van der Waals surface area contributed by atoms with E-state index in [4.69, 9.17) is 23.2 Å². The summed E-state index contributed by atoms with van der Waals surface area (Å²) in [6.07, 6.45) is 0. The number of halogens is 2. The molecule has 2 N–H and O–H groups in total. The van der Waals surface area contributed by atoms with Crippen LogP contribution >= 0.6 is 34.5 Å². The summed E-state index contributed by atoms with van der Waals surface area (Å²) in [5, 5.41) is 1.74. The van der Waals surface area contributed by atoms with E-state index in [9.17, 15) is 16.8 Å². The van der Waals surface area contributed by atoms with Crippen LogP contribution in [0.2, 0.25) is 10.0 Å². The molecular formula is C16H11Cl2N2O4S3. The first-order valence-electron chi connectivity index (χ1n) is 7.23. The van der Waals surface area contributed by atoms with E-state index >= 15 is 0 Å². The number of anilines is 2. The van der Waals surface area contributed by atoms with Crippen molar-refractivity contribution < 1.29 is 16.8 Å². The maximum Gasteiger partial charge on any atom is 0.271 e. The van der Waals surface area contributed by atoms with Crippen molar-refractivity contribution in [2.24, 2.45) is 0 Å². The first-order chi connectivity index (χ1) is 12.7. The predicted octanol–water partition coefficient (Wildman–Crippen LogP) is 4.46. The summed E-state index contributed by atoms with van der Waals surface area (Å²) in [5.41, 5.74) is -0.110. The number of benzene rings is 2. The Morgan fingerprint density at radius 1 is 0.852 bits per heavy atom. The van der Waals surface area contributed by atoms with E-state index in [0.717, 1.165) is 11.3 Å². The molecule has 0 fully saturated rings. The van der Waals surface area contributed by atoms with Crippen LogP contribution in [0.1, 0.15) is 0 Å². The summed E-state index contributed by atoms with van der Waals surface area (Å²) < 4.78 is 54.9. The quantitative estimate of drug-likeness (QED) is 0.566. The molecule has 1 radical (unpaired) electrons. The molecule has 0 bridgehead atoms. The van der Waals surface area contributed by atoms with Crippen molar-refractivity contribution in [1.82, 2.24) is 0 Å². The summed E-state index contributed by atoms with van der Waals surface area (Å²) >= 11 is 13.0. The molecule has 0 unspecified atom stereocenters. The van der Waals surface area contributed by atoms with Crippen LogP contribution in [-0.2, 0) is 20.0 Å². The summed E-state index contributed by atoms with van der Waals surface area (Å²) in [7, 11) is -7.89. The van der Waals surface area contributed by atoms with Gasteiger partial charge in [-0.1, -0.05) is 41.4 Å². The highest BCUT2D eigenvalue weighted by Crippen LogP contribution is 2.35. The number of hydrogen-bond acceptors (Lipinski definition) is 5. The van der Waals surface area contributed by atoms with Gasteiger partial charge in [-0.3, -0.25) is 9.44 Å². The molecule has 0 atom stereocenters. The van der Waals surface area contributed by atoms with Gasteiger partial charge in [0, 0.05) is 0 Å². The molecule has 0 spiro atoms. The Morgan fingerprint density at radius 3 is 1.93 bits per heavy atom. The van der Waals surface area contributed by atoms with Crippen molar-refractivity contribution in [3.63, 3.8) is 0 Å². The molecule has 2 aromatic carbocycles. The van der Waals surface area contributed by atoms with Gasteiger partial charge in [-0.25, -0.2) is 16.8 Å². The van der Waals surface area contributed by atoms with Crippen LogP contribution in [-0.4, -0.2) is 16.8 Å². The first-order valence-corrected chi connectivity index (χ1v) is 11.8. The molecule has 0 amide bonds. The minimum absolute atomic E-state index is 0.0145. The van der Waals surface area contributed by atoms with Gasteiger partial charge in [-0.2, -0.15) is 0 Å². The molecule has 0 aliphatic rings. The second-order valence-electron chi connectivity index (χ2n) is 5.19. The summed E-state index contributed by atoms with van der Waals surface area (Å²) in [4.78, 5) is -0.0145. The predicted molar refractivity (Wildman–Crippen MR) is 108 cm³/mol. The van der Waals surface area contributed by atoms with E-state index in [1.165, 1.54) is 42.5 Å². The number of hydrogen-bond donors (Lipinski definition) is 2. The van der Waals surface area contributed by atoms with Crippen LogP contribution in [0.15, 0.2) is 63.0 Å². The lowest BCUT2D eigenvalue weighted by Gasteiger charge is -2.15. The highest BCUT2D eigenvalue weighted by molar-refractivity contribution is 7.94. The summed E-state index contributed by atoms with van der Waals surface area (Å²) in [6.45, 7) is 0. The van der Waals surface area contributed by atoms with Gasteiger partial charge in [0.05, 0.1) is 26.3 Å². The monoisotopic (exact) mass is 461 g/mol. The fraction of sp³-hybridized carbons (Fsp3) is 0. The van der Waals surface area contributed by atoms with Crippen molar-refractivity contribution in [1.29, 1.82) is 0 Å². The Hall–Kier alpha value is -1.78. The fourth-order valence-electron chi connectivity index (χ4n) is 2.08. The number of rotatable bonds is 6. The smallest absolute Gasteiger partial charge is 0.271 e. The number of thiophene rings is 1. The second kappa shape index (κ2) is 7.69. The maximum atomic E-state index is 12.6. The lowest BCUT2D eigenvalue weighted by Crippen LogP contribution is -2.17. The minimum Gasteiger partial charge on any atom is -0.277 e. The number of sulfonamides is 2. The highest BCUT2D eigenvalue weighted by Gasteiger charge is 2.21. The molecule has 0 aliphatic heterocycles. The van der Waals surface area contributed by atoms with Crippen molar-refractivity contribution in [3.8, 4) is 0 Å². The molecule has 1 heterocycles. The largest absolute Gasteiger partial charge is 0.277 e. The topological polar surface area (TPSA) is 92.3 Å². The number of nitrogens with one attached hydrogen (secondary N) is 2. The van der Waals surface area contributed by atoms with E-state index in [1.807, 2.05) is 0 Å². The van der Waals surface area contributed by atoms with E-state index < -0.39 is 20.0 Å². The molecule has 0 saturated heterocycles. The van der Waals surface area contributed by atoms with E-state index in [-0.39, 0.29) is 30.5 Å². The summed E-state index contributed by atoms with van der Waals surface area (Å²) in [6, 6.07) is 13.8. The fourth-order valence-corrected chi connectivity index (χ4v) is 5.54. The third-order valence-corrected chi connectivity index (χ3v) is 8.17. The molecule has 6 nitrogen and oxygen atoms in total. The molecular weight excluding hydrogens is 451 g/mol. The lowest BCUT2D eigenvalue weighted by molar-refractivity contribution is 0.599. The molecule has 27 heavy (non-hydrogen) atoms. The molecule has 0 saturated carbocycles. The third-order valence-electron chi connectivity index (χ3n) is 3.31. The second-order valence-corrected chi connectivity index (χ2v) is 10.5. The van der Waals surface area contributed by atoms with Crippen LogP contribution < -0.4 is 9.44 Å². The minimum atomic E-state index is -3.98. The Kier molecular flexibility index (Phi) is 5.68. The van der Waals surface area contributed by atoms with Gasteiger partial charge < -0.3 is 0 Å². The van der Waals surface area contributed by atoms with Crippen molar-refractivity contribution in [2.45, 2.75) is 9.10 Å². The molecule has 0 aliphatic carbocycles. The van der Waals surface area contributed by atoms with Gasteiger partial charge in [-0.05, 0) is 41.8 Å². The third kappa shape index (κ3) is 4.56. The van der Waals surface area contributed by atoms with Gasteiger partial charge in [0.1, 0.15) is 4.21 Å². The van der Waals surface area contributed by atoms with Gasteiger partial charge >= 0.3 is 0 Å². The van der Waals surface area contributed by atoms with E-state index in [1.54, 1.807) is 11.4 Å². The van der Waals surface area contributed by atoms with Crippen molar-refractivity contribution >= 4 is 66.0 Å². The van der Waals surface area contributed by atoms with Gasteiger partial charge in [0.15, 0.2) is 0 Å². The zero-order valence-electron chi connectivity index (χ0n) is 13.3. The first kappa shape index (κ1) is 20.0. The Morgan fingerprint density at radius 2 is 1.41 bits per heavy atom. The summed E-state index contributed by atoms with van der Waals surface area (Å²) in [5.74, 6) is 0. The van der Waals surface area contributed by atoms with Crippen molar-refractivity contribution in [2.75, 3.05) is 9.44 Å². The standard InChI is InChI=1S/C16H11Cl2N2O4S3/c17-12-9-14(19-26(21,22)11-5-2-1-3-6-11)15(10-13(12)18)20-27(23,24)16-7-4-8-25-16/h2-10,19-20H. The van der Waals surface area contributed by atoms with Gasteiger partial charge in [0.25, 0.3) is 20.0 Å². The van der Waals surface area contributed by atoms with Crippen molar-refractivity contribution in [3.05, 3.63) is 70.0 Å². The normalized spacial score (nSPS) is 11.9. The van der Waals surface area contributed by atoms with Crippen LogP contribution in [0.3, 0.4) is 0 Å². The Bertz CT molecular complexity index is 1160. The Labute approximate surface area is 170 Å². The Balaban J connectivity index is 2.02. The average Bonchev–Trinajstić information content (AvgIpc) is 3.15. The van der Waals surface area contributed by atoms with Crippen LogP contribution in [0.5, 0.6) is 0 Å². The zero-order chi connectivity index (χ0) is 19.7. The molecule has 1 aromatic heterocycles. The van der Waals surface area contributed by atoms with E-state index in [2.05, 4.69) is 15.5 Å². The molecule has 11 heteroatoms. The maximum absolute atomic E-state index is 12.6. The lowest BCUT2D eigenvalue weighted by atomic mass is 10.3. The average molecular weight is 462 g/mol. The molecule has 141 valence electrons. The van der Waals surface area contributed by atoms with Gasteiger partial charge in [-0.15, -0.1) is 11.3 Å². The highest BCUT2D eigenvalue weighted by atomic mass is 35.5. The van der Waals surface area contributed by atoms with Crippen LogP contribution in [0.4, 0.5) is 11.4 Å².